The van der Waals surface area contributed by atoms with Crippen molar-refractivity contribution in [3.8, 4) is 11.8 Å². The van der Waals surface area contributed by atoms with E-state index >= 15 is 0 Å². The highest BCUT2D eigenvalue weighted by Gasteiger charge is 2.12. The number of para-hydroxylation sites is 1. The number of benzene rings is 1. The first-order valence-corrected chi connectivity index (χ1v) is 7.22. The van der Waals surface area contributed by atoms with Crippen LogP contribution in [0.1, 0.15) is 5.56 Å². The van der Waals surface area contributed by atoms with E-state index in [1.807, 2.05) is 0 Å². The van der Waals surface area contributed by atoms with E-state index in [0.29, 0.717) is 10.7 Å². The highest BCUT2D eigenvalue weighted by molar-refractivity contribution is 7.13. The minimum Gasteiger partial charge on any atom is -0.546 e. The summed E-state index contributed by atoms with van der Waals surface area (Å²) in [6.07, 6.45) is 2.84. The molecule has 0 fully saturated rings. The second-order valence-electron chi connectivity index (χ2n) is 4.16. The van der Waals surface area contributed by atoms with E-state index in [0.717, 1.165) is 0 Å². The summed E-state index contributed by atoms with van der Waals surface area (Å²) in [4.78, 5) is 26.4. The maximum Gasteiger partial charge on any atom is 0.268 e. The van der Waals surface area contributed by atoms with Crippen molar-refractivity contribution in [3.05, 3.63) is 47.0 Å². The van der Waals surface area contributed by atoms with Gasteiger partial charge < -0.3 is 14.6 Å². The van der Waals surface area contributed by atoms with E-state index < -0.39 is 18.5 Å². The van der Waals surface area contributed by atoms with Crippen molar-refractivity contribution in [2.75, 3.05) is 11.9 Å². The van der Waals surface area contributed by atoms with E-state index in [9.17, 15) is 14.7 Å². The Bertz CT molecular complexity index is 778. The van der Waals surface area contributed by atoms with Gasteiger partial charge in [-0.05, 0) is 12.1 Å². The summed E-state index contributed by atoms with van der Waals surface area (Å²) >= 11 is 1.22. The third kappa shape index (κ3) is 4.66. The van der Waals surface area contributed by atoms with Crippen LogP contribution in [-0.4, -0.2) is 23.5 Å². The molecule has 2 aromatic rings. The van der Waals surface area contributed by atoms with E-state index in [4.69, 9.17) is 10.00 Å². The van der Waals surface area contributed by atoms with E-state index in [2.05, 4.69) is 10.3 Å². The summed E-state index contributed by atoms with van der Waals surface area (Å²) in [5.74, 6) is -1.76. The number of carboxylic acid groups (broad SMARTS) is 1. The first-order valence-electron chi connectivity index (χ1n) is 6.34. The number of hydrogen-bond acceptors (Lipinski definition) is 7. The first-order chi connectivity index (χ1) is 11.1. The number of thiazole rings is 1. The quantitative estimate of drug-likeness (QED) is 0.620. The Kier molecular flexibility index (Phi) is 5.44. The van der Waals surface area contributed by atoms with Gasteiger partial charge in [-0.25, -0.2) is 4.98 Å². The van der Waals surface area contributed by atoms with Crippen LogP contribution < -0.4 is 15.2 Å². The van der Waals surface area contributed by atoms with Crippen LogP contribution in [0.15, 0.2) is 41.4 Å². The van der Waals surface area contributed by atoms with Crippen molar-refractivity contribution in [2.24, 2.45) is 0 Å². The summed E-state index contributed by atoms with van der Waals surface area (Å²) in [6, 6.07) is 8.24. The van der Waals surface area contributed by atoms with Crippen LogP contribution in [0.3, 0.4) is 0 Å². The second-order valence-corrected chi connectivity index (χ2v) is 5.05. The average molecular weight is 328 g/mol. The summed E-state index contributed by atoms with van der Waals surface area (Å²) < 4.78 is 5.07. The molecule has 0 spiro atoms. The van der Waals surface area contributed by atoms with Crippen molar-refractivity contribution in [1.82, 2.24) is 4.98 Å². The zero-order valence-corrected chi connectivity index (χ0v) is 12.5. The normalized spacial score (nSPS) is 10.7. The highest BCUT2D eigenvalue weighted by atomic mass is 32.1. The third-order valence-corrected chi connectivity index (χ3v) is 3.27. The summed E-state index contributed by atoms with van der Waals surface area (Å²) in [5.41, 5.74) is 0.240. The number of carbonyl (C=O) groups is 2. The molecule has 0 aliphatic rings. The Morgan fingerprint density at radius 2 is 2.22 bits per heavy atom. The molecule has 8 heteroatoms. The second kappa shape index (κ2) is 7.72. The van der Waals surface area contributed by atoms with Gasteiger partial charge in [0.2, 0.25) is 0 Å². The van der Waals surface area contributed by atoms with Gasteiger partial charge in [-0.15, -0.1) is 11.3 Å². The van der Waals surface area contributed by atoms with Gasteiger partial charge in [0.1, 0.15) is 24.0 Å². The molecule has 116 valence electrons. The molecule has 1 heterocycles. The number of nitrogens with zero attached hydrogens (tertiary/aromatic N) is 2. The number of aliphatic carboxylic acids is 1. The summed E-state index contributed by atoms with van der Waals surface area (Å²) in [6.45, 7) is -0.627. The van der Waals surface area contributed by atoms with Crippen LogP contribution >= 0.6 is 11.3 Å². The number of ether oxygens (including phenoxy) is 1. The van der Waals surface area contributed by atoms with Crippen molar-refractivity contribution in [2.45, 2.75) is 0 Å². The van der Waals surface area contributed by atoms with Crippen LogP contribution in [0.2, 0.25) is 0 Å². The number of anilines is 1. The van der Waals surface area contributed by atoms with Gasteiger partial charge in [-0.3, -0.25) is 10.1 Å². The maximum absolute atomic E-state index is 12.0. The number of nitriles is 1. The van der Waals surface area contributed by atoms with Gasteiger partial charge in [0.15, 0.2) is 5.13 Å². The van der Waals surface area contributed by atoms with Gasteiger partial charge in [-0.2, -0.15) is 5.26 Å². The fourth-order valence-corrected chi connectivity index (χ4v) is 2.15. The Labute approximate surface area is 135 Å². The SMILES string of the molecule is N#C/C(=C\c1ccccc1OCC(=O)[O-])C(=O)Nc1nccs1. The predicted octanol–water partition coefficient (Wildman–Crippen LogP) is 0.817. The van der Waals surface area contributed by atoms with Crippen LogP contribution in [0.4, 0.5) is 5.13 Å². The molecular weight excluding hydrogens is 318 g/mol. The molecule has 0 saturated carbocycles. The lowest BCUT2D eigenvalue weighted by molar-refractivity contribution is -0.307. The largest absolute Gasteiger partial charge is 0.546 e. The number of nitrogens with one attached hydrogen (secondary N) is 1. The molecule has 0 unspecified atom stereocenters. The maximum atomic E-state index is 12.0. The molecule has 2 rings (SSSR count). The van der Waals surface area contributed by atoms with Crippen LogP contribution in [0, 0.1) is 11.3 Å². The number of aromatic nitrogens is 1. The van der Waals surface area contributed by atoms with Crippen LogP contribution in [0.25, 0.3) is 6.08 Å². The number of amides is 1. The minimum absolute atomic E-state index is 0.162. The topological polar surface area (TPSA) is 115 Å². The molecule has 1 aromatic carbocycles. The standard InChI is InChI=1S/C15H11N3O4S/c16-8-11(14(21)18-15-17-5-6-23-15)7-10-3-1-2-4-12(10)22-9-13(19)20/h1-7H,9H2,(H,19,20)(H,17,18,21)/p-1/b11-7+. The van der Waals surface area contributed by atoms with Gasteiger partial charge in [0.05, 0.1) is 5.97 Å². The molecule has 0 bridgehead atoms. The molecule has 0 radical (unpaired) electrons. The lowest BCUT2D eigenvalue weighted by atomic mass is 10.1. The molecule has 1 aromatic heterocycles. The summed E-state index contributed by atoms with van der Waals surface area (Å²) in [7, 11) is 0. The number of carboxylic acids is 1. The van der Waals surface area contributed by atoms with Crippen molar-refractivity contribution >= 4 is 34.4 Å². The van der Waals surface area contributed by atoms with E-state index in [-0.39, 0.29) is 11.3 Å². The lowest BCUT2D eigenvalue weighted by Crippen LogP contribution is -2.29. The Hall–Kier alpha value is -3.18. The first kappa shape index (κ1) is 16.2. The molecule has 0 aliphatic carbocycles. The Morgan fingerprint density at radius 1 is 1.43 bits per heavy atom. The zero-order chi connectivity index (χ0) is 16.7. The van der Waals surface area contributed by atoms with Crippen molar-refractivity contribution < 1.29 is 19.4 Å². The predicted molar refractivity (Wildman–Crippen MR) is 81.3 cm³/mol. The fourth-order valence-electron chi connectivity index (χ4n) is 1.62. The van der Waals surface area contributed by atoms with Gasteiger partial charge >= 0.3 is 0 Å². The third-order valence-electron chi connectivity index (χ3n) is 2.58. The Balaban J connectivity index is 2.22. The lowest BCUT2D eigenvalue weighted by Gasteiger charge is -2.09. The number of carbonyl (C=O) groups excluding carboxylic acids is 2. The average Bonchev–Trinajstić information content (AvgIpc) is 3.04. The molecule has 0 saturated heterocycles. The van der Waals surface area contributed by atoms with E-state index in [1.54, 1.807) is 29.6 Å². The number of hydrogen-bond donors (Lipinski definition) is 1. The zero-order valence-electron chi connectivity index (χ0n) is 11.7. The molecular formula is C15H10N3O4S-. The van der Waals surface area contributed by atoms with Gasteiger partial charge in [-0.1, -0.05) is 18.2 Å². The van der Waals surface area contributed by atoms with Crippen LogP contribution in [0.5, 0.6) is 5.75 Å². The monoisotopic (exact) mass is 328 g/mol. The fraction of sp³-hybridized carbons (Fsp3) is 0.0667. The molecule has 0 aliphatic heterocycles. The smallest absolute Gasteiger partial charge is 0.268 e. The van der Waals surface area contributed by atoms with Gasteiger partial charge in [0, 0.05) is 17.1 Å². The van der Waals surface area contributed by atoms with Gasteiger partial charge in [0.25, 0.3) is 5.91 Å². The molecule has 23 heavy (non-hydrogen) atoms. The van der Waals surface area contributed by atoms with Crippen molar-refractivity contribution in [1.29, 1.82) is 5.26 Å². The Morgan fingerprint density at radius 3 is 2.87 bits per heavy atom. The number of rotatable bonds is 6. The molecule has 0 atom stereocenters. The minimum atomic E-state index is -1.37. The molecule has 1 amide bonds. The van der Waals surface area contributed by atoms with Crippen molar-refractivity contribution in [3.63, 3.8) is 0 Å². The van der Waals surface area contributed by atoms with E-state index in [1.165, 1.54) is 29.7 Å². The molecule has 7 nitrogen and oxygen atoms in total. The highest BCUT2D eigenvalue weighted by Crippen LogP contribution is 2.21. The van der Waals surface area contributed by atoms with Crippen LogP contribution in [-0.2, 0) is 9.59 Å². The summed E-state index contributed by atoms with van der Waals surface area (Å²) in [5, 5.41) is 24.2. The molecule has 1 N–H and O–H groups in total.